The van der Waals surface area contributed by atoms with Gasteiger partial charge in [0, 0.05) is 12.6 Å². The lowest BCUT2D eigenvalue weighted by molar-refractivity contribution is -0.0137. The van der Waals surface area contributed by atoms with Crippen molar-refractivity contribution in [2.24, 2.45) is 11.7 Å². The van der Waals surface area contributed by atoms with Crippen molar-refractivity contribution in [2.75, 3.05) is 13.2 Å². The zero-order valence-corrected chi connectivity index (χ0v) is 5.76. The van der Waals surface area contributed by atoms with Crippen LogP contribution in [0, 0.1) is 5.92 Å². The van der Waals surface area contributed by atoms with Gasteiger partial charge in [0.05, 0.1) is 6.61 Å². The van der Waals surface area contributed by atoms with Crippen LogP contribution in [0.4, 0.5) is 0 Å². The van der Waals surface area contributed by atoms with E-state index in [-0.39, 0.29) is 11.0 Å². The standard InChI is InChI=1S/C6H14N2O.H4Si/c1-5(7)6-2-3-9-8-4-6;/h5-6,8H,2-4,7H2,1H3;1H4. The predicted molar refractivity (Wildman–Crippen MR) is 47.0 cm³/mol. The normalized spacial score (nSPS) is 28.8. The molecule has 0 saturated carbocycles. The third-order valence-corrected chi connectivity index (χ3v) is 1.78. The van der Waals surface area contributed by atoms with Crippen molar-refractivity contribution in [3.8, 4) is 0 Å². The van der Waals surface area contributed by atoms with Gasteiger partial charge in [-0.25, -0.2) is 5.48 Å². The summed E-state index contributed by atoms with van der Waals surface area (Å²) in [5.74, 6) is 0.596. The smallest absolute Gasteiger partial charge is 0.0685 e. The van der Waals surface area contributed by atoms with Gasteiger partial charge in [0.1, 0.15) is 0 Å². The van der Waals surface area contributed by atoms with Crippen molar-refractivity contribution in [3.05, 3.63) is 0 Å². The first kappa shape index (κ1) is 10.1. The highest BCUT2D eigenvalue weighted by atomic mass is 28.1. The van der Waals surface area contributed by atoms with E-state index < -0.39 is 0 Å². The number of hydroxylamine groups is 1. The van der Waals surface area contributed by atoms with Gasteiger partial charge in [-0.3, -0.25) is 0 Å². The second-order valence-corrected chi connectivity index (χ2v) is 2.60. The van der Waals surface area contributed by atoms with E-state index in [4.69, 9.17) is 10.6 Å². The number of nitrogens with two attached hydrogens (primary N) is 1. The molecule has 0 aliphatic carbocycles. The molecule has 1 aliphatic heterocycles. The summed E-state index contributed by atoms with van der Waals surface area (Å²) in [5.41, 5.74) is 8.51. The van der Waals surface area contributed by atoms with Gasteiger partial charge in [-0.2, -0.15) is 0 Å². The van der Waals surface area contributed by atoms with Crippen molar-refractivity contribution >= 4 is 11.0 Å². The van der Waals surface area contributed by atoms with Crippen LogP contribution in [0.3, 0.4) is 0 Å². The topological polar surface area (TPSA) is 47.3 Å². The van der Waals surface area contributed by atoms with Crippen LogP contribution in [0.25, 0.3) is 0 Å². The first-order chi connectivity index (χ1) is 4.30. The summed E-state index contributed by atoms with van der Waals surface area (Å²) >= 11 is 0. The van der Waals surface area contributed by atoms with Crippen molar-refractivity contribution < 1.29 is 4.84 Å². The fourth-order valence-electron chi connectivity index (χ4n) is 0.999. The van der Waals surface area contributed by atoms with Crippen molar-refractivity contribution in [3.63, 3.8) is 0 Å². The number of rotatable bonds is 1. The van der Waals surface area contributed by atoms with Crippen LogP contribution in [-0.2, 0) is 4.84 Å². The molecule has 3 N–H and O–H groups in total. The van der Waals surface area contributed by atoms with E-state index in [2.05, 4.69) is 5.48 Å². The molecule has 1 fully saturated rings. The molecule has 0 bridgehead atoms. The lowest BCUT2D eigenvalue weighted by Gasteiger charge is -2.25. The van der Waals surface area contributed by atoms with E-state index in [0.717, 1.165) is 19.6 Å². The maximum atomic E-state index is 5.67. The Balaban J connectivity index is 0.000000810. The van der Waals surface area contributed by atoms with Crippen LogP contribution in [0.15, 0.2) is 0 Å². The Kier molecular flexibility index (Phi) is 4.89. The summed E-state index contributed by atoms with van der Waals surface area (Å²) in [6.45, 7) is 3.74. The molecule has 10 heavy (non-hydrogen) atoms. The van der Waals surface area contributed by atoms with Crippen molar-refractivity contribution in [1.29, 1.82) is 0 Å². The number of hydrogen-bond donors (Lipinski definition) is 2. The van der Waals surface area contributed by atoms with Crippen molar-refractivity contribution in [2.45, 2.75) is 19.4 Å². The zero-order chi connectivity index (χ0) is 6.69. The molecule has 1 heterocycles. The second kappa shape index (κ2) is 4.84. The van der Waals surface area contributed by atoms with Gasteiger partial charge in [0.15, 0.2) is 0 Å². The molecular formula is C6H18N2OSi. The number of nitrogens with one attached hydrogen (secondary N) is 1. The summed E-state index contributed by atoms with van der Waals surface area (Å²) in [6.07, 6.45) is 1.09. The summed E-state index contributed by atoms with van der Waals surface area (Å²) in [6, 6.07) is 0.293. The van der Waals surface area contributed by atoms with E-state index in [1.165, 1.54) is 0 Å². The molecule has 0 radical (unpaired) electrons. The summed E-state index contributed by atoms with van der Waals surface area (Å²) in [5, 5.41) is 0. The van der Waals surface area contributed by atoms with E-state index in [0.29, 0.717) is 12.0 Å². The average molecular weight is 162 g/mol. The maximum absolute atomic E-state index is 5.67. The minimum absolute atomic E-state index is 0. The Hall–Kier alpha value is 0.0969. The molecule has 2 atom stereocenters. The molecule has 2 unspecified atom stereocenters. The Bertz CT molecular complexity index is 83.8. The summed E-state index contributed by atoms with van der Waals surface area (Å²) in [7, 11) is 0. The van der Waals surface area contributed by atoms with Crippen LogP contribution < -0.4 is 11.2 Å². The van der Waals surface area contributed by atoms with Gasteiger partial charge < -0.3 is 10.6 Å². The van der Waals surface area contributed by atoms with Gasteiger partial charge >= 0.3 is 0 Å². The largest absolute Gasteiger partial charge is 0.328 e. The molecule has 0 aromatic heterocycles. The van der Waals surface area contributed by atoms with E-state index in [1.54, 1.807) is 0 Å². The molecular weight excluding hydrogens is 144 g/mol. The maximum Gasteiger partial charge on any atom is 0.0685 e. The monoisotopic (exact) mass is 162 g/mol. The van der Waals surface area contributed by atoms with Crippen molar-refractivity contribution in [1.82, 2.24) is 5.48 Å². The van der Waals surface area contributed by atoms with Gasteiger partial charge in [-0.05, 0) is 30.2 Å². The quantitative estimate of drug-likeness (QED) is 0.458. The Morgan fingerprint density at radius 1 is 1.70 bits per heavy atom. The van der Waals surface area contributed by atoms with Crippen LogP contribution in [0.5, 0.6) is 0 Å². The fraction of sp³-hybridized carbons (Fsp3) is 1.00. The first-order valence-corrected chi connectivity index (χ1v) is 3.41. The average Bonchev–Trinajstić information content (AvgIpc) is 1.90. The van der Waals surface area contributed by atoms with Gasteiger partial charge in [-0.15, -0.1) is 0 Å². The molecule has 1 aliphatic rings. The van der Waals surface area contributed by atoms with E-state index in [9.17, 15) is 0 Å². The van der Waals surface area contributed by atoms with Gasteiger partial charge in [0.2, 0.25) is 0 Å². The highest BCUT2D eigenvalue weighted by Crippen LogP contribution is 2.08. The lowest BCUT2D eigenvalue weighted by Crippen LogP contribution is -2.40. The summed E-state index contributed by atoms with van der Waals surface area (Å²) < 4.78 is 0. The molecule has 0 aromatic rings. The van der Waals surface area contributed by atoms with Crippen LogP contribution in [0.1, 0.15) is 13.3 Å². The lowest BCUT2D eigenvalue weighted by atomic mass is 9.98. The van der Waals surface area contributed by atoms with Crippen LogP contribution in [-0.4, -0.2) is 30.2 Å². The molecule has 0 spiro atoms. The first-order valence-electron chi connectivity index (χ1n) is 3.41. The third-order valence-electron chi connectivity index (χ3n) is 1.78. The molecule has 62 valence electrons. The van der Waals surface area contributed by atoms with E-state index in [1.807, 2.05) is 6.92 Å². The number of hydrogen-bond acceptors (Lipinski definition) is 3. The molecule has 3 nitrogen and oxygen atoms in total. The van der Waals surface area contributed by atoms with Crippen LogP contribution >= 0.6 is 0 Å². The van der Waals surface area contributed by atoms with E-state index >= 15 is 0 Å². The molecule has 1 rings (SSSR count). The molecule has 4 heteroatoms. The molecule has 0 amide bonds. The highest BCUT2D eigenvalue weighted by molar-refractivity contribution is 5.75. The SMILES string of the molecule is CC(N)C1CCONC1.[SiH4]. The molecule has 0 aromatic carbocycles. The minimum Gasteiger partial charge on any atom is -0.328 e. The predicted octanol–water partition coefficient (Wildman–Crippen LogP) is -1.58. The third kappa shape index (κ3) is 2.79. The molecule has 1 saturated heterocycles. The highest BCUT2D eigenvalue weighted by Gasteiger charge is 2.16. The zero-order valence-electron chi connectivity index (χ0n) is 5.76. The Morgan fingerprint density at radius 3 is 2.70 bits per heavy atom. The van der Waals surface area contributed by atoms with Gasteiger partial charge in [0.25, 0.3) is 0 Å². The summed E-state index contributed by atoms with van der Waals surface area (Å²) in [4.78, 5) is 4.94. The Morgan fingerprint density at radius 2 is 2.40 bits per heavy atom. The Labute approximate surface area is 66.3 Å². The second-order valence-electron chi connectivity index (χ2n) is 2.60. The van der Waals surface area contributed by atoms with Gasteiger partial charge in [-0.1, -0.05) is 0 Å². The van der Waals surface area contributed by atoms with Crippen LogP contribution in [0.2, 0.25) is 0 Å². The fourth-order valence-corrected chi connectivity index (χ4v) is 0.999. The minimum atomic E-state index is 0.